The lowest BCUT2D eigenvalue weighted by Gasteiger charge is -2.27. The quantitative estimate of drug-likeness (QED) is 0.499. The SMILES string of the molecule is COc1cc(NC2=NC(c3ccc4cn[nH]c4c3)=CN3C=CC(C)CC=C23)ccc1N1CCC(O)C1. The van der Waals surface area contributed by atoms with Gasteiger partial charge in [-0.3, -0.25) is 5.10 Å². The number of aromatic amines is 1. The van der Waals surface area contributed by atoms with Gasteiger partial charge in [-0.1, -0.05) is 31.2 Å². The summed E-state index contributed by atoms with van der Waals surface area (Å²) in [6.07, 6.45) is 11.9. The summed E-state index contributed by atoms with van der Waals surface area (Å²) in [5.41, 5.74) is 5.75. The van der Waals surface area contributed by atoms with Crippen LogP contribution in [0.4, 0.5) is 11.4 Å². The third-order valence-electron chi connectivity index (χ3n) is 6.96. The summed E-state index contributed by atoms with van der Waals surface area (Å²) < 4.78 is 5.73. The Morgan fingerprint density at radius 1 is 1.19 bits per heavy atom. The number of anilines is 2. The number of ether oxygens (including phenoxy) is 1. The highest BCUT2D eigenvalue weighted by Gasteiger charge is 2.25. The third kappa shape index (κ3) is 4.24. The maximum absolute atomic E-state index is 9.97. The standard InChI is InChI=1S/C28H30N6O2/c1-18-3-7-26-28(30-21-6-8-25(27(14-21)36-2)33-12-10-22(35)16-33)31-24(17-34(26)11-9-18)19-4-5-20-15-29-32-23(20)13-19/h4-9,11,13-15,17-18,22,35H,3,10,12,16H2,1-2H3,(H,29,32)(H,30,31). The summed E-state index contributed by atoms with van der Waals surface area (Å²) in [6, 6.07) is 12.3. The van der Waals surface area contributed by atoms with Crippen LogP contribution in [-0.4, -0.2) is 52.3 Å². The Balaban J connectivity index is 1.36. The summed E-state index contributed by atoms with van der Waals surface area (Å²) >= 11 is 0. The van der Waals surface area contributed by atoms with Crippen LogP contribution in [0.2, 0.25) is 0 Å². The second kappa shape index (κ2) is 9.20. The van der Waals surface area contributed by atoms with E-state index in [9.17, 15) is 5.11 Å². The summed E-state index contributed by atoms with van der Waals surface area (Å²) in [5.74, 6) is 1.99. The fourth-order valence-electron chi connectivity index (χ4n) is 4.91. The Labute approximate surface area is 210 Å². The van der Waals surface area contributed by atoms with Crippen LogP contribution in [-0.2, 0) is 0 Å². The van der Waals surface area contributed by atoms with E-state index in [-0.39, 0.29) is 6.10 Å². The van der Waals surface area contributed by atoms with Crippen LogP contribution in [0.15, 0.2) is 77.8 Å². The third-order valence-corrected chi connectivity index (χ3v) is 6.96. The summed E-state index contributed by atoms with van der Waals surface area (Å²) in [5, 5.41) is 21.8. The van der Waals surface area contributed by atoms with Crippen LogP contribution in [0.5, 0.6) is 5.75 Å². The molecule has 3 N–H and O–H groups in total. The molecule has 0 bridgehead atoms. The zero-order chi connectivity index (χ0) is 24.6. The number of aliphatic hydroxyl groups is 1. The summed E-state index contributed by atoms with van der Waals surface area (Å²) in [6.45, 7) is 3.65. The second-order valence-corrected chi connectivity index (χ2v) is 9.60. The predicted octanol–water partition coefficient (Wildman–Crippen LogP) is 4.70. The maximum Gasteiger partial charge on any atom is 0.155 e. The average molecular weight is 483 g/mol. The van der Waals surface area contributed by atoms with Gasteiger partial charge in [0.15, 0.2) is 5.84 Å². The molecule has 184 valence electrons. The van der Waals surface area contributed by atoms with Gasteiger partial charge in [0.2, 0.25) is 0 Å². The van der Waals surface area contributed by atoms with Crippen molar-refractivity contribution < 1.29 is 9.84 Å². The van der Waals surface area contributed by atoms with Crippen LogP contribution >= 0.6 is 0 Å². The number of rotatable bonds is 4. The zero-order valence-electron chi connectivity index (χ0n) is 20.5. The lowest BCUT2D eigenvalue weighted by Crippen LogP contribution is -2.27. The van der Waals surface area contributed by atoms with Crippen molar-refractivity contribution >= 4 is 33.8 Å². The van der Waals surface area contributed by atoms with Crippen LogP contribution in [0, 0.1) is 5.92 Å². The number of benzene rings is 2. The molecule has 4 heterocycles. The normalized spacial score (nSPS) is 21.6. The highest BCUT2D eigenvalue weighted by atomic mass is 16.5. The number of H-pyrrole nitrogens is 1. The molecule has 8 heteroatoms. The largest absolute Gasteiger partial charge is 0.495 e. The molecule has 2 atom stereocenters. The van der Waals surface area contributed by atoms with Crippen molar-refractivity contribution in [3.8, 4) is 5.75 Å². The minimum Gasteiger partial charge on any atom is -0.495 e. The molecule has 1 aromatic heterocycles. The van der Waals surface area contributed by atoms with E-state index in [1.807, 2.05) is 24.4 Å². The number of nitrogens with zero attached hydrogens (tertiary/aromatic N) is 4. The van der Waals surface area contributed by atoms with Crippen molar-refractivity contribution in [3.05, 3.63) is 78.4 Å². The van der Waals surface area contributed by atoms with Gasteiger partial charge in [0.1, 0.15) is 5.75 Å². The van der Waals surface area contributed by atoms with Crippen molar-refractivity contribution in [1.82, 2.24) is 15.1 Å². The Morgan fingerprint density at radius 2 is 2.11 bits per heavy atom. The first kappa shape index (κ1) is 22.4. The second-order valence-electron chi connectivity index (χ2n) is 9.60. The molecule has 6 rings (SSSR count). The van der Waals surface area contributed by atoms with Gasteiger partial charge in [-0.25, -0.2) is 4.99 Å². The number of fused-ring (bicyclic) bond motifs is 2. The minimum absolute atomic E-state index is 0.293. The molecule has 2 unspecified atom stereocenters. The first-order valence-electron chi connectivity index (χ1n) is 12.4. The fraction of sp³-hybridized carbons (Fsp3) is 0.286. The van der Waals surface area contributed by atoms with E-state index in [0.717, 1.165) is 70.2 Å². The van der Waals surface area contributed by atoms with Gasteiger partial charge < -0.3 is 25.0 Å². The molecule has 1 saturated heterocycles. The molecule has 0 aliphatic carbocycles. The number of aliphatic hydroxyl groups excluding tert-OH is 1. The molecule has 3 aliphatic heterocycles. The molecular formula is C28H30N6O2. The van der Waals surface area contributed by atoms with E-state index in [2.05, 4.69) is 75.0 Å². The van der Waals surface area contributed by atoms with Crippen LogP contribution in [0.3, 0.4) is 0 Å². The highest BCUT2D eigenvalue weighted by molar-refractivity contribution is 6.11. The Kier molecular flexibility index (Phi) is 5.73. The van der Waals surface area contributed by atoms with Crippen molar-refractivity contribution in [2.24, 2.45) is 10.9 Å². The Bertz CT molecular complexity index is 1420. The molecule has 0 saturated carbocycles. The van der Waals surface area contributed by atoms with E-state index in [4.69, 9.17) is 9.73 Å². The number of aromatic nitrogens is 2. The number of β-amino-alcohol motifs (C(OH)–C–C–N with tert-alkyl or cyclic N) is 1. The van der Waals surface area contributed by atoms with Crippen molar-refractivity contribution in [2.75, 3.05) is 30.4 Å². The number of hydrogen-bond donors (Lipinski definition) is 3. The van der Waals surface area contributed by atoms with Gasteiger partial charge in [0.05, 0.1) is 42.0 Å². The van der Waals surface area contributed by atoms with E-state index >= 15 is 0 Å². The topological polar surface area (TPSA) is 89.0 Å². The average Bonchev–Trinajstić information content (AvgIpc) is 3.50. The van der Waals surface area contributed by atoms with Crippen molar-refractivity contribution in [2.45, 2.75) is 25.9 Å². The predicted molar refractivity (Wildman–Crippen MR) is 144 cm³/mol. The molecule has 0 amide bonds. The molecule has 3 aromatic rings. The molecule has 0 radical (unpaired) electrons. The maximum atomic E-state index is 9.97. The first-order valence-corrected chi connectivity index (χ1v) is 12.4. The number of methoxy groups -OCH3 is 1. The molecule has 0 spiro atoms. The minimum atomic E-state index is -0.293. The molecule has 8 nitrogen and oxygen atoms in total. The summed E-state index contributed by atoms with van der Waals surface area (Å²) in [7, 11) is 1.68. The van der Waals surface area contributed by atoms with Crippen LogP contribution < -0.4 is 15.0 Å². The molecule has 2 aromatic carbocycles. The number of amidine groups is 1. The smallest absolute Gasteiger partial charge is 0.155 e. The Hall–Kier alpha value is -4.04. The lowest BCUT2D eigenvalue weighted by molar-refractivity contribution is 0.198. The number of allylic oxidation sites excluding steroid dienone is 2. The van der Waals surface area contributed by atoms with Crippen molar-refractivity contribution in [3.63, 3.8) is 0 Å². The van der Waals surface area contributed by atoms with E-state index < -0.39 is 0 Å². The first-order chi connectivity index (χ1) is 17.6. The van der Waals surface area contributed by atoms with Crippen LogP contribution in [0.1, 0.15) is 25.3 Å². The highest BCUT2D eigenvalue weighted by Crippen LogP contribution is 2.35. The fourth-order valence-corrected chi connectivity index (χ4v) is 4.91. The molecule has 36 heavy (non-hydrogen) atoms. The van der Waals surface area contributed by atoms with E-state index in [1.165, 1.54) is 0 Å². The van der Waals surface area contributed by atoms with E-state index in [0.29, 0.717) is 12.5 Å². The molecular weight excluding hydrogens is 452 g/mol. The molecule has 1 fully saturated rings. The van der Waals surface area contributed by atoms with Gasteiger partial charge in [0, 0.05) is 48.2 Å². The number of aliphatic imine (C=N–C) groups is 1. The van der Waals surface area contributed by atoms with Gasteiger partial charge >= 0.3 is 0 Å². The van der Waals surface area contributed by atoms with Gasteiger partial charge in [-0.2, -0.15) is 5.10 Å². The Morgan fingerprint density at radius 3 is 2.94 bits per heavy atom. The number of nitrogens with one attached hydrogen (secondary N) is 2. The number of hydrogen-bond acceptors (Lipinski definition) is 7. The molecule has 3 aliphatic rings. The van der Waals surface area contributed by atoms with E-state index in [1.54, 1.807) is 7.11 Å². The monoisotopic (exact) mass is 482 g/mol. The van der Waals surface area contributed by atoms with Gasteiger partial charge in [-0.05, 0) is 37.0 Å². The zero-order valence-corrected chi connectivity index (χ0v) is 20.5. The summed E-state index contributed by atoms with van der Waals surface area (Å²) in [4.78, 5) is 9.37. The van der Waals surface area contributed by atoms with Crippen LogP contribution in [0.25, 0.3) is 16.6 Å². The van der Waals surface area contributed by atoms with Crippen molar-refractivity contribution in [1.29, 1.82) is 0 Å². The lowest BCUT2D eigenvalue weighted by atomic mass is 10.1. The van der Waals surface area contributed by atoms with Gasteiger partial charge in [-0.15, -0.1) is 0 Å². The van der Waals surface area contributed by atoms with Gasteiger partial charge in [0.25, 0.3) is 0 Å².